The molecule has 126 valence electrons. The van der Waals surface area contributed by atoms with Gasteiger partial charge in [-0.25, -0.2) is 4.79 Å². The summed E-state index contributed by atoms with van der Waals surface area (Å²) in [5, 5.41) is 8.87. The van der Waals surface area contributed by atoms with Crippen LogP contribution < -0.4 is 9.47 Å². The van der Waals surface area contributed by atoms with Crippen LogP contribution in [0.2, 0.25) is 10.0 Å². The minimum Gasteiger partial charge on any atom is -0.488 e. The van der Waals surface area contributed by atoms with Crippen molar-refractivity contribution < 1.29 is 32.5 Å². The molecule has 1 N–H and O–H groups in total. The third-order valence-electron chi connectivity index (χ3n) is 2.90. The molecular weight excluding hydrogens is 360 g/mol. The number of fused-ring (bicyclic) bond motifs is 1. The predicted octanol–water partition coefficient (Wildman–Crippen LogP) is 4.57. The van der Waals surface area contributed by atoms with Crippen molar-refractivity contribution in [3.8, 4) is 11.5 Å². The summed E-state index contributed by atoms with van der Waals surface area (Å²) in [4.78, 5) is 11.1. The van der Waals surface area contributed by atoms with Crippen LogP contribution in [0.25, 0.3) is 6.08 Å². The molecule has 1 aliphatic heterocycles. The molecule has 0 radical (unpaired) electrons. The third kappa shape index (κ3) is 3.50. The van der Waals surface area contributed by atoms with Crippen molar-refractivity contribution in [1.82, 2.24) is 0 Å². The zero-order valence-electron chi connectivity index (χ0n) is 11.9. The molecule has 1 aromatic carbocycles. The van der Waals surface area contributed by atoms with Crippen LogP contribution in [0.3, 0.4) is 0 Å². The highest BCUT2D eigenvalue weighted by Crippen LogP contribution is 2.46. The first-order valence-corrected chi connectivity index (χ1v) is 7.14. The van der Waals surface area contributed by atoms with E-state index < -0.39 is 23.8 Å². The number of aliphatic carboxylic acids is 1. The molecule has 1 aromatic rings. The monoisotopic (exact) mass is 370 g/mol. The van der Waals surface area contributed by atoms with Crippen LogP contribution in [0.5, 0.6) is 11.5 Å². The minimum absolute atomic E-state index is 0.0235. The van der Waals surface area contributed by atoms with E-state index in [-0.39, 0.29) is 33.2 Å². The van der Waals surface area contributed by atoms with Crippen LogP contribution in [0.4, 0.5) is 13.2 Å². The van der Waals surface area contributed by atoms with Crippen LogP contribution >= 0.6 is 23.2 Å². The van der Waals surface area contributed by atoms with E-state index in [0.717, 1.165) is 12.1 Å². The van der Waals surface area contributed by atoms with Crippen LogP contribution in [0, 0.1) is 0 Å². The molecule has 1 aliphatic rings. The number of carboxylic acids is 1. The zero-order chi connectivity index (χ0) is 17.5. The highest BCUT2D eigenvalue weighted by atomic mass is 35.5. The Balaban J connectivity index is 2.62. The van der Waals surface area contributed by atoms with Crippen molar-refractivity contribution >= 4 is 35.2 Å². The summed E-state index contributed by atoms with van der Waals surface area (Å²) in [5.41, 5.74) is -0.991. The molecule has 1 heterocycles. The molecule has 2 rings (SSSR count). The van der Waals surface area contributed by atoms with Gasteiger partial charge in [-0.2, -0.15) is 13.2 Å². The molecule has 0 aliphatic carbocycles. The van der Waals surface area contributed by atoms with Crippen molar-refractivity contribution in [2.24, 2.45) is 0 Å². The number of alkyl halides is 3. The van der Waals surface area contributed by atoms with Gasteiger partial charge in [0.25, 0.3) is 0 Å². The maximum absolute atomic E-state index is 13.0. The Kier molecular flexibility index (Phi) is 4.73. The molecule has 0 amide bonds. The summed E-state index contributed by atoms with van der Waals surface area (Å²) in [7, 11) is 0. The van der Waals surface area contributed by atoms with E-state index in [1.165, 1.54) is 0 Å². The van der Waals surface area contributed by atoms with Crippen molar-refractivity contribution in [3.05, 3.63) is 27.2 Å². The summed E-state index contributed by atoms with van der Waals surface area (Å²) >= 11 is 12.1. The molecule has 23 heavy (non-hydrogen) atoms. The fourth-order valence-corrected chi connectivity index (χ4v) is 2.59. The molecular formula is C14H11Cl2F3O4. The van der Waals surface area contributed by atoms with E-state index >= 15 is 0 Å². The smallest absolute Gasteiger partial charge is 0.430 e. The van der Waals surface area contributed by atoms with E-state index in [0.29, 0.717) is 0 Å². The van der Waals surface area contributed by atoms with Gasteiger partial charge in [0.1, 0.15) is 5.75 Å². The van der Waals surface area contributed by atoms with Crippen molar-refractivity contribution in [1.29, 1.82) is 0 Å². The van der Waals surface area contributed by atoms with Crippen molar-refractivity contribution in [2.75, 3.05) is 0 Å². The zero-order valence-corrected chi connectivity index (χ0v) is 13.4. The lowest BCUT2D eigenvalue weighted by atomic mass is 10.0. The minimum atomic E-state index is -4.89. The molecule has 1 atom stereocenters. The largest absolute Gasteiger partial charge is 0.488 e. The van der Waals surface area contributed by atoms with Crippen LogP contribution in [-0.2, 0) is 4.79 Å². The van der Waals surface area contributed by atoms with Gasteiger partial charge in [-0.15, -0.1) is 0 Å². The second-order valence-corrected chi connectivity index (χ2v) is 5.81. The van der Waals surface area contributed by atoms with Crippen LogP contribution in [0.1, 0.15) is 19.4 Å². The van der Waals surface area contributed by atoms with E-state index in [1.54, 1.807) is 13.8 Å². The lowest BCUT2D eigenvalue weighted by molar-refractivity contribution is -0.187. The maximum atomic E-state index is 13.0. The van der Waals surface area contributed by atoms with Gasteiger partial charge in [0.15, 0.2) is 5.75 Å². The number of halogens is 5. The number of rotatable bonds is 3. The first-order valence-electron chi connectivity index (χ1n) is 6.39. The van der Waals surface area contributed by atoms with Gasteiger partial charge in [0.05, 0.1) is 21.7 Å². The van der Waals surface area contributed by atoms with Crippen molar-refractivity contribution in [2.45, 2.75) is 32.2 Å². The van der Waals surface area contributed by atoms with Gasteiger partial charge in [0.2, 0.25) is 6.10 Å². The van der Waals surface area contributed by atoms with Gasteiger partial charge in [0, 0.05) is 11.6 Å². The summed E-state index contributed by atoms with van der Waals surface area (Å²) in [6, 6.07) is 1.12. The fourth-order valence-electron chi connectivity index (χ4n) is 2.01. The molecule has 0 bridgehead atoms. The third-order valence-corrected chi connectivity index (χ3v) is 3.56. The number of hydrogen-bond acceptors (Lipinski definition) is 3. The Morgan fingerprint density at radius 2 is 2.00 bits per heavy atom. The Morgan fingerprint density at radius 1 is 1.39 bits per heavy atom. The molecule has 0 saturated heterocycles. The quantitative estimate of drug-likeness (QED) is 0.846. The highest BCUT2D eigenvalue weighted by molar-refractivity contribution is 6.38. The average Bonchev–Trinajstić information content (AvgIpc) is 2.40. The standard InChI is InChI=1S/C14H11Cl2F3O4/c1-5(2)22-11-8(15)4-9-6(10(11)16)3-7(13(20)21)12(23-9)14(17,18)19/h3-5,12H,1-2H3,(H,20,21)/t12-/m1/s1. The van der Waals surface area contributed by atoms with Gasteiger partial charge in [-0.1, -0.05) is 23.2 Å². The average molecular weight is 371 g/mol. The van der Waals surface area contributed by atoms with Gasteiger partial charge in [-0.05, 0) is 19.9 Å². The van der Waals surface area contributed by atoms with Crippen LogP contribution in [-0.4, -0.2) is 29.5 Å². The Hall–Kier alpha value is -1.60. The van der Waals surface area contributed by atoms with E-state index in [4.69, 9.17) is 37.8 Å². The van der Waals surface area contributed by atoms with Gasteiger partial charge < -0.3 is 14.6 Å². The first-order chi connectivity index (χ1) is 10.5. The molecule has 0 fully saturated rings. The maximum Gasteiger partial charge on any atom is 0.430 e. The van der Waals surface area contributed by atoms with Crippen LogP contribution in [0.15, 0.2) is 11.6 Å². The van der Waals surface area contributed by atoms with Gasteiger partial charge >= 0.3 is 12.1 Å². The molecule has 9 heteroatoms. The second kappa shape index (κ2) is 6.13. The van der Waals surface area contributed by atoms with Gasteiger partial charge in [-0.3, -0.25) is 0 Å². The summed E-state index contributed by atoms with van der Waals surface area (Å²) in [6.45, 7) is 3.42. The molecule has 4 nitrogen and oxygen atoms in total. The Morgan fingerprint density at radius 3 is 2.48 bits per heavy atom. The normalized spacial score (nSPS) is 17.4. The Labute approximate surface area is 139 Å². The fraction of sp³-hybridized carbons (Fsp3) is 0.357. The number of carbonyl (C=O) groups is 1. The SMILES string of the molecule is CC(C)Oc1c(Cl)cc2c(c1Cl)C=C(C(=O)O)[C@H](C(F)(F)F)O2. The highest BCUT2D eigenvalue weighted by Gasteiger charge is 2.48. The summed E-state index contributed by atoms with van der Waals surface area (Å²) < 4.78 is 49.1. The molecule has 0 spiro atoms. The topological polar surface area (TPSA) is 55.8 Å². The van der Waals surface area contributed by atoms with Crippen molar-refractivity contribution in [3.63, 3.8) is 0 Å². The van der Waals surface area contributed by atoms with E-state index in [1.807, 2.05) is 0 Å². The molecule has 0 saturated carbocycles. The number of carboxylic acid groups (broad SMARTS) is 1. The number of ether oxygens (including phenoxy) is 2. The number of hydrogen-bond donors (Lipinski definition) is 1. The predicted molar refractivity (Wildman–Crippen MR) is 78.3 cm³/mol. The molecule has 0 aromatic heterocycles. The first kappa shape index (κ1) is 17.7. The lowest BCUT2D eigenvalue weighted by Crippen LogP contribution is -2.40. The van der Waals surface area contributed by atoms with E-state index in [2.05, 4.69) is 0 Å². The lowest BCUT2D eigenvalue weighted by Gasteiger charge is -2.28. The Bertz CT molecular complexity index is 684. The van der Waals surface area contributed by atoms with E-state index in [9.17, 15) is 18.0 Å². The number of benzene rings is 1. The summed E-state index contributed by atoms with van der Waals surface area (Å²) in [5.74, 6) is -1.96. The summed E-state index contributed by atoms with van der Waals surface area (Å²) in [6.07, 6.45) is -6.96. The molecule has 0 unspecified atom stereocenters. The second-order valence-electron chi connectivity index (χ2n) is 5.02.